The summed E-state index contributed by atoms with van der Waals surface area (Å²) in [6.45, 7) is 1.73. The molecule has 1 aromatic heterocycles. The number of nitrogens with one attached hydrogen (secondary N) is 1. The van der Waals surface area contributed by atoms with Gasteiger partial charge in [0.2, 0.25) is 0 Å². The van der Waals surface area contributed by atoms with Gasteiger partial charge in [0.15, 0.2) is 16.4 Å². The third-order valence-corrected chi connectivity index (χ3v) is 8.03. The van der Waals surface area contributed by atoms with Gasteiger partial charge in [-0.15, -0.1) is 11.3 Å². The van der Waals surface area contributed by atoms with Gasteiger partial charge in [-0.1, -0.05) is 6.92 Å². The number of anilines is 1. The molecule has 7 nitrogen and oxygen atoms in total. The summed E-state index contributed by atoms with van der Waals surface area (Å²) in [5, 5.41) is 12.6. The molecule has 1 aliphatic carbocycles. The van der Waals surface area contributed by atoms with Crippen molar-refractivity contribution in [2.45, 2.75) is 39.0 Å². The SMILES string of the molecule is C[C@@H]1CCc2c(sc(NC(=O)COC(=O)C[C@@H]3CCS(=O)(=O)C3)c2C#N)C1. The van der Waals surface area contributed by atoms with E-state index in [2.05, 4.69) is 18.3 Å². The minimum atomic E-state index is -3.04. The number of hydrogen-bond acceptors (Lipinski definition) is 7. The Morgan fingerprint density at radius 3 is 2.81 bits per heavy atom. The van der Waals surface area contributed by atoms with Crippen LogP contribution in [0.15, 0.2) is 0 Å². The van der Waals surface area contributed by atoms with E-state index in [0.717, 1.165) is 29.7 Å². The number of nitrogens with zero attached hydrogens (tertiary/aromatic N) is 1. The van der Waals surface area contributed by atoms with Gasteiger partial charge in [0.05, 0.1) is 17.1 Å². The van der Waals surface area contributed by atoms with E-state index in [1.807, 2.05) is 0 Å². The lowest BCUT2D eigenvalue weighted by atomic mass is 9.89. The van der Waals surface area contributed by atoms with Crippen LogP contribution in [-0.4, -0.2) is 38.4 Å². The number of ether oxygens (including phenoxy) is 1. The number of rotatable bonds is 5. The van der Waals surface area contributed by atoms with Crippen LogP contribution in [0.5, 0.6) is 0 Å². The first-order chi connectivity index (χ1) is 12.8. The number of carbonyl (C=O) groups excluding carboxylic acids is 2. The van der Waals surface area contributed by atoms with Crippen molar-refractivity contribution in [1.29, 1.82) is 5.26 Å². The molecule has 27 heavy (non-hydrogen) atoms. The van der Waals surface area contributed by atoms with Crippen molar-refractivity contribution in [2.24, 2.45) is 11.8 Å². The Balaban J connectivity index is 1.53. The van der Waals surface area contributed by atoms with Crippen molar-refractivity contribution >= 4 is 38.1 Å². The maximum Gasteiger partial charge on any atom is 0.306 e. The Kier molecular flexibility index (Phi) is 5.86. The summed E-state index contributed by atoms with van der Waals surface area (Å²) in [6.07, 6.45) is 3.23. The molecule has 0 aromatic carbocycles. The molecule has 146 valence electrons. The highest BCUT2D eigenvalue weighted by atomic mass is 32.2. The van der Waals surface area contributed by atoms with Gasteiger partial charge in [0.1, 0.15) is 11.1 Å². The van der Waals surface area contributed by atoms with Crippen LogP contribution in [0.2, 0.25) is 0 Å². The zero-order valence-corrected chi connectivity index (χ0v) is 16.7. The van der Waals surface area contributed by atoms with E-state index >= 15 is 0 Å². The Labute approximate surface area is 162 Å². The summed E-state index contributed by atoms with van der Waals surface area (Å²) in [5.41, 5.74) is 1.54. The van der Waals surface area contributed by atoms with Crippen molar-refractivity contribution in [2.75, 3.05) is 23.4 Å². The van der Waals surface area contributed by atoms with E-state index in [-0.39, 0.29) is 23.8 Å². The van der Waals surface area contributed by atoms with E-state index in [4.69, 9.17) is 4.74 Å². The van der Waals surface area contributed by atoms with E-state index < -0.39 is 28.3 Å². The monoisotopic (exact) mass is 410 g/mol. The van der Waals surface area contributed by atoms with Gasteiger partial charge >= 0.3 is 5.97 Å². The lowest BCUT2D eigenvalue weighted by molar-refractivity contribution is -0.148. The number of thiophene rings is 1. The maximum absolute atomic E-state index is 12.1. The number of hydrogen-bond donors (Lipinski definition) is 1. The van der Waals surface area contributed by atoms with Gasteiger partial charge in [0.25, 0.3) is 5.91 Å². The molecule has 1 fully saturated rings. The molecule has 0 spiro atoms. The second-order valence-electron chi connectivity index (χ2n) is 7.35. The van der Waals surface area contributed by atoms with Crippen LogP contribution in [0.25, 0.3) is 0 Å². The highest BCUT2D eigenvalue weighted by molar-refractivity contribution is 7.91. The van der Waals surface area contributed by atoms with Crippen LogP contribution in [0.3, 0.4) is 0 Å². The molecular formula is C18H22N2O5S2. The summed E-state index contributed by atoms with van der Waals surface area (Å²) < 4.78 is 27.8. The summed E-state index contributed by atoms with van der Waals surface area (Å²) in [6, 6.07) is 2.18. The normalized spacial score (nSPS) is 23.3. The molecule has 3 rings (SSSR count). The largest absolute Gasteiger partial charge is 0.456 e. The highest BCUT2D eigenvalue weighted by Gasteiger charge is 2.30. The molecule has 1 saturated heterocycles. The summed E-state index contributed by atoms with van der Waals surface area (Å²) >= 11 is 1.42. The van der Waals surface area contributed by atoms with Crippen molar-refractivity contribution in [3.63, 3.8) is 0 Å². The van der Waals surface area contributed by atoms with Crippen LogP contribution < -0.4 is 5.32 Å². The summed E-state index contributed by atoms with van der Waals surface area (Å²) in [7, 11) is -3.04. The van der Waals surface area contributed by atoms with E-state index in [9.17, 15) is 23.3 Å². The van der Waals surface area contributed by atoms with Crippen molar-refractivity contribution in [3.8, 4) is 6.07 Å². The molecule has 1 amide bonds. The van der Waals surface area contributed by atoms with Gasteiger partial charge in [0, 0.05) is 11.3 Å². The number of carbonyl (C=O) groups is 2. The highest BCUT2D eigenvalue weighted by Crippen LogP contribution is 2.39. The van der Waals surface area contributed by atoms with Crippen LogP contribution in [0.1, 0.15) is 42.2 Å². The number of amides is 1. The first-order valence-corrected chi connectivity index (χ1v) is 11.6. The third-order valence-electron chi connectivity index (χ3n) is 5.02. The summed E-state index contributed by atoms with van der Waals surface area (Å²) in [5.74, 6) is -0.644. The molecule has 9 heteroatoms. The molecule has 0 saturated carbocycles. The quantitative estimate of drug-likeness (QED) is 0.743. The number of esters is 1. The standard InChI is InChI=1S/C18H22N2O5S2/c1-11-2-3-13-14(8-19)18(26-15(13)6-11)20-16(21)9-25-17(22)7-12-4-5-27(23,24)10-12/h11-12H,2-7,9-10H2,1H3,(H,20,21)/t11-,12+/m1/s1. The zero-order chi connectivity index (χ0) is 19.6. The number of fused-ring (bicyclic) bond motifs is 1. The fraction of sp³-hybridized carbons (Fsp3) is 0.611. The van der Waals surface area contributed by atoms with Crippen LogP contribution in [0, 0.1) is 23.2 Å². The Morgan fingerprint density at radius 2 is 2.15 bits per heavy atom. The van der Waals surface area contributed by atoms with Gasteiger partial charge < -0.3 is 10.1 Å². The van der Waals surface area contributed by atoms with Crippen LogP contribution in [-0.2, 0) is 37.0 Å². The van der Waals surface area contributed by atoms with Crippen LogP contribution >= 0.6 is 11.3 Å². The van der Waals surface area contributed by atoms with E-state index in [0.29, 0.717) is 22.9 Å². The second-order valence-corrected chi connectivity index (χ2v) is 10.7. The second kappa shape index (κ2) is 7.98. The lowest BCUT2D eigenvalue weighted by Gasteiger charge is -2.17. The maximum atomic E-state index is 12.1. The Bertz CT molecular complexity index is 898. The molecule has 0 unspecified atom stereocenters. The zero-order valence-electron chi connectivity index (χ0n) is 15.1. The number of sulfone groups is 1. The molecule has 0 radical (unpaired) electrons. The Hall–Kier alpha value is -1.92. The first kappa shape index (κ1) is 19.8. The topological polar surface area (TPSA) is 113 Å². The van der Waals surface area contributed by atoms with E-state index in [1.54, 1.807) is 0 Å². The molecule has 0 bridgehead atoms. The average molecular weight is 411 g/mol. The lowest BCUT2D eigenvalue weighted by Crippen LogP contribution is -2.22. The minimum Gasteiger partial charge on any atom is -0.456 e. The minimum absolute atomic E-state index is 0.000994. The van der Waals surface area contributed by atoms with Gasteiger partial charge in [-0.3, -0.25) is 9.59 Å². The van der Waals surface area contributed by atoms with Gasteiger partial charge in [-0.05, 0) is 43.1 Å². The van der Waals surface area contributed by atoms with Crippen LogP contribution in [0.4, 0.5) is 5.00 Å². The first-order valence-electron chi connectivity index (χ1n) is 8.98. The molecule has 1 N–H and O–H groups in total. The summed E-state index contributed by atoms with van der Waals surface area (Å²) in [4.78, 5) is 25.1. The predicted molar refractivity (Wildman–Crippen MR) is 101 cm³/mol. The average Bonchev–Trinajstić information content (AvgIpc) is 3.11. The molecule has 2 atom stereocenters. The van der Waals surface area contributed by atoms with Crippen molar-refractivity contribution in [1.82, 2.24) is 0 Å². The molecule has 1 aliphatic heterocycles. The fourth-order valence-corrected chi connectivity index (χ4v) is 6.83. The number of nitriles is 1. The molecular weight excluding hydrogens is 388 g/mol. The van der Waals surface area contributed by atoms with E-state index in [1.165, 1.54) is 11.3 Å². The molecule has 1 aromatic rings. The smallest absolute Gasteiger partial charge is 0.306 e. The van der Waals surface area contributed by atoms with Gasteiger partial charge in [-0.25, -0.2) is 8.42 Å². The third kappa shape index (κ3) is 4.87. The van der Waals surface area contributed by atoms with Gasteiger partial charge in [-0.2, -0.15) is 5.26 Å². The van der Waals surface area contributed by atoms with Crippen molar-refractivity contribution < 1.29 is 22.7 Å². The molecule has 2 heterocycles. The van der Waals surface area contributed by atoms with Crippen molar-refractivity contribution in [3.05, 3.63) is 16.0 Å². The Morgan fingerprint density at radius 1 is 1.37 bits per heavy atom. The predicted octanol–water partition coefficient (Wildman–Crippen LogP) is 2.05. The fourth-order valence-electron chi connectivity index (χ4n) is 3.59. The molecule has 2 aliphatic rings.